The molecule has 1 aromatic heterocycles. The molecule has 1 rings (SSSR count). The summed E-state index contributed by atoms with van der Waals surface area (Å²) in [5, 5.41) is 2.48. The molecule has 0 saturated carbocycles. The Hall–Kier alpha value is -1.64. The van der Waals surface area contributed by atoms with E-state index in [1.165, 1.54) is 6.08 Å². The Morgan fingerprint density at radius 3 is 3.00 bits per heavy atom. The van der Waals surface area contributed by atoms with E-state index >= 15 is 0 Å². The van der Waals surface area contributed by atoms with Gasteiger partial charge in [-0.2, -0.15) is 0 Å². The largest absolute Gasteiger partial charge is 0.356 e. The molecule has 0 fully saturated rings. The average Bonchev–Trinajstić information content (AvgIpc) is 2.16. The number of nitrogens with zero attached hydrogens (tertiary/aromatic N) is 1. The lowest BCUT2D eigenvalue weighted by molar-refractivity contribution is -0.115. The molecule has 0 saturated heterocycles. The fourth-order valence-corrected chi connectivity index (χ4v) is 0.719. The summed E-state index contributed by atoms with van der Waals surface area (Å²) >= 11 is 0. The van der Waals surface area contributed by atoms with Gasteiger partial charge in [0.2, 0.25) is 5.91 Å². The van der Waals surface area contributed by atoms with Gasteiger partial charge in [0, 0.05) is 19.3 Å². The van der Waals surface area contributed by atoms with Crippen LogP contribution < -0.4 is 5.32 Å². The number of carbonyl (C=O) groups excluding carboxylic acids is 1. The summed E-state index contributed by atoms with van der Waals surface area (Å²) in [6.07, 6.45) is 4.80. The molecule has 1 aromatic rings. The van der Waals surface area contributed by atoms with Crippen molar-refractivity contribution in [2.75, 3.05) is 7.05 Å². The van der Waals surface area contributed by atoms with Crippen molar-refractivity contribution in [3.05, 3.63) is 36.2 Å². The highest BCUT2D eigenvalue weighted by molar-refractivity contribution is 5.91. The first-order valence-electron chi connectivity index (χ1n) is 3.64. The van der Waals surface area contributed by atoms with Gasteiger partial charge in [-0.1, -0.05) is 6.07 Å². The van der Waals surface area contributed by atoms with Crippen molar-refractivity contribution in [1.29, 1.82) is 0 Å². The molecule has 3 nitrogen and oxygen atoms in total. The Labute approximate surface area is 71.1 Å². The lowest BCUT2D eigenvalue weighted by Crippen LogP contribution is -2.13. The van der Waals surface area contributed by atoms with Crippen molar-refractivity contribution in [3.63, 3.8) is 0 Å². The molecule has 0 aliphatic heterocycles. The van der Waals surface area contributed by atoms with Crippen molar-refractivity contribution in [2.45, 2.75) is 0 Å². The Kier molecular flexibility index (Phi) is 3.02. The van der Waals surface area contributed by atoms with E-state index in [1.54, 1.807) is 19.3 Å². The molecule has 1 N–H and O–H groups in total. The number of pyridine rings is 1. The summed E-state index contributed by atoms with van der Waals surface area (Å²) in [5.41, 5.74) is 0.779. The topological polar surface area (TPSA) is 42.0 Å². The molecule has 3 heteroatoms. The second-order valence-electron chi connectivity index (χ2n) is 2.20. The molecule has 12 heavy (non-hydrogen) atoms. The van der Waals surface area contributed by atoms with Gasteiger partial charge >= 0.3 is 0 Å². The van der Waals surface area contributed by atoms with Gasteiger partial charge < -0.3 is 5.32 Å². The first-order valence-corrected chi connectivity index (χ1v) is 3.64. The smallest absolute Gasteiger partial charge is 0.243 e. The molecule has 1 heterocycles. The number of hydrogen-bond acceptors (Lipinski definition) is 2. The van der Waals surface area contributed by atoms with Crippen LogP contribution >= 0.6 is 0 Å². The van der Waals surface area contributed by atoms with Crippen LogP contribution in [0.1, 0.15) is 5.69 Å². The highest BCUT2D eigenvalue weighted by Crippen LogP contribution is 1.95. The first-order chi connectivity index (χ1) is 5.83. The quantitative estimate of drug-likeness (QED) is 0.655. The zero-order valence-corrected chi connectivity index (χ0v) is 6.82. The minimum absolute atomic E-state index is 0.124. The van der Waals surface area contributed by atoms with E-state index in [1.807, 2.05) is 18.2 Å². The van der Waals surface area contributed by atoms with E-state index in [-0.39, 0.29) is 5.91 Å². The van der Waals surface area contributed by atoms with Gasteiger partial charge in [-0.05, 0) is 18.2 Å². The molecule has 0 unspecified atom stereocenters. The summed E-state index contributed by atoms with van der Waals surface area (Å²) < 4.78 is 0. The molecule has 62 valence electrons. The number of carbonyl (C=O) groups is 1. The highest BCUT2D eigenvalue weighted by atomic mass is 16.1. The Morgan fingerprint density at radius 2 is 2.42 bits per heavy atom. The minimum Gasteiger partial charge on any atom is -0.356 e. The van der Waals surface area contributed by atoms with Crippen LogP contribution in [0.2, 0.25) is 0 Å². The lowest BCUT2D eigenvalue weighted by atomic mass is 10.3. The number of likely N-dealkylation sites (N-methyl/N-ethyl adjacent to an activating group) is 1. The van der Waals surface area contributed by atoms with E-state index in [0.717, 1.165) is 5.69 Å². The number of nitrogens with one attached hydrogen (secondary N) is 1. The second-order valence-corrected chi connectivity index (χ2v) is 2.20. The molecular weight excluding hydrogens is 152 g/mol. The van der Waals surface area contributed by atoms with Gasteiger partial charge in [-0.3, -0.25) is 9.78 Å². The third kappa shape index (κ3) is 2.54. The fourth-order valence-electron chi connectivity index (χ4n) is 0.719. The molecular formula is C9H10N2O. The second kappa shape index (κ2) is 4.28. The highest BCUT2D eigenvalue weighted by Gasteiger charge is 1.88. The molecule has 1 amide bonds. The van der Waals surface area contributed by atoms with E-state index in [9.17, 15) is 4.79 Å². The van der Waals surface area contributed by atoms with Gasteiger partial charge in [0.15, 0.2) is 0 Å². The predicted octanol–water partition coefficient (Wildman–Crippen LogP) is 0.841. The number of aromatic nitrogens is 1. The van der Waals surface area contributed by atoms with Gasteiger partial charge in [0.05, 0.1) is 5.69 Å². The van der Waals surface area contributed by atoms with Crippen LogP contribution in [0.5, 0.6) is 0 Å². The van der Waals surface area contributed by atoms with E-state index in [4.69, 9.17) is 0 Å². The molecule has 0 atom stereocenters. The van der Waals surface area contributed by atoms with Crippen LogP contribution in [-0.4, -0.2) is 17.9 Å². The van der Waals surface area contributed by atoms with Crippen LogP contribution in [0.15, 0.2) is 30.5 Å². The third-order valence-corrected chi connectivity index (χ3v) is 1.34. The van der Waals surface area contributed by atoms with E-state index in [2.05, 4.69) is 10.3 Å². The summed E-state index contributed by atoms with van der Waals surface area (Å²) in [6.45, 7) is 0. The zero-order chi connectivity index (χ0) is 8.81. The lowest BCUT2D eigenvalue weighted by Gasteiger charge is -1.90. The molecule has 0 spiro atoms. The zero-order valence-electron chi connectivity index (χ0n) is 6.82. The predicted molar refractivity (Wildman–Crippen MR) is 47.3 cm³/mol. The molecule has 0 bridgehead atoms. The van der Waals surface area contributed by atoms with Gasteiger partial charge in [-0.25, -0.2) is 0 Å². The van der Waals surface area contributed by atoms with Crippen LogP contribution in [0.4, 0.5) is 0 Å². The number of rotatable bonds is 2. The summed E-state index contributed by atoms with van der Waals surface area (Å²) in [6, 6.07) is 5.53. The maximum absolute atomic E-state index is 10.8. The first kappa shape index (κ1) is 8.46. The van der Waals surface area contributed by atoms with Gasteiger partial charge in [-0.15, -0.1) is 0 Å². The van der Waals surface area contributed by atoms with Crippen LogP contribution in [-0.2, 0) is 4.79 Å². The monoisotopic (exact) mass is 162 g/mol. The minimum atomic E-state index is -0.124. The van der Waals surface area contributed by atoms with Crippen molar-refractivity contribution in [2.24, 2.45) is 0 Å². The summed E-state index contributed by atoms with van der Waals surface area (Å²) in [7, 11) is 1.59. The van der Waals surface area contributed by atoms with Gasteiger partial charge in [0.25, 0.3) is 0 Å². The van der Waals surface area contributed by atoms with Crippen molar-refractivity contribution in [1.82, 2.24) is 10.3 Å². The molecule has 0 aliphatic carbocycles. The van der Waals surface area contributed by atoms with E-state index < -0.39 is 0 Å². The van der Waals surface area contributed by atoms with Crippen molar-refractivity contribution < 1.29 is 4.79 Å². The Balaban J connectivity index is 2.64. The van der Waals surface area contributed by atoms with Gasteiger partial charge in [0.1, 0.15) is 0 Å². The van der Waals surface area contributed by atoms with Crippen molar-refractivity contribution >= 4 is 12.0 Å². The summed E-state index contributed by atoms with van der Waals surface area (Å²) in [4.78, 5) is 14.8. The Bertz CT molecular complexity index is 280. The Morgan fingerprint density at radius 1 is 1.58 bits per heavy atom. The average molecular weight is 162 g/mol. The molecule has 0 aliphatic rings. The number of amides is 1. The van der Waals surface area contributed by atoms with Crippen LogP contribution in [0.25, 0.3) is 6.08 Å². The molecule has 0 aromatic carbocycles. The van der Waals surface area contributed by atoms with Crippen molar-refractivity contribution in [3.8, 4) is 0 Å². The maximum Gasteiger partial charge on any atom is 0.243 e. The fraction of sp³-hybridized carbons (Fsp3) is 0.111. The summed E-state index contributed by atoms with van der Waals surface area (Å²) in [5.74, 6) is -0.124. The van der Waals surface area contributed by atoms with Crippen LogP contribution in [0.3, 0.4) is 0 Å². The number of hydrogen-bond donors (Lipinski definition) is 1. The third-order valence-electron chi connectivity index (χ3n) is 1.34. The molecule has 0 radical (unpaired) electrons. The maximum atomic E-state index is 10.8. The normalized spacial score (nSPS) is 10.1. The standard InChI is InChI=1S/C9H10N2O/c1-10-9(12)6-5-8-4-2-3-7-11-8/h2-7H,1H3,(H,10,12)/b6-5+. The van der Waals surface area contributed by atoms with Crippen LogP contribution in [0, 0.1) is 0 Å². The SMILES string of the molecule is CNC(=O)/C=C/c1ccccn1. The van der Waals surface area contributed by atoms with E-state index in [0.29, 0.717) is 0 Å².